The van der Waals surface area contributed by atoms with E-state index in [2.05, 4.69) is 4.98 Å². The molecule has 1 aliphatic rings. The van der Waals surface area contributed by atoms with Crippen molar-refractivity contribution in [1.29, 1.82) is 0 Å². The van der Waals surface area contributed by atoms with Gasteiger partial charge in [-0.1, -0.05) is 31.0 Å². The lowest BCUT2D eigenvalue weighted by Gasteiger charge is -2.14. The number of carbonyl (C=O) groups is 1. The number of hydrogen-bond acceptors (Lipinski definition) is 3. The average molecular weight is 286 g/mol. The number of aromatic nitrogens is 1. The van der Waals surface area contributed by atoms with Gasteiger partial charge in [0.2, 0.25) is 0 Å². The normalized spacial score (nSPS) is 17.2. The van der Waals surface area contributed by atoms with Crippen LogP contribution in [0.15, 0.2) is 30.5 Å². The number of aromatic amines is 1. The molecular weight excluding hydrogens is 264 g/mol. The zero-order valence-electron chi connectivity index (χ0n) is 12.2. The molecule has 112 valence electrons. The Hall–Kier alpha value is -1.81. The van der Waals surface area contributed by atoms with E-state index in [-0.39, 0.29) is 5.97 Å². The predicted octanol–water partition coefficient (Wildman–Crippen LogP) is 2.77. The third-order valence-electron chi connectivity index (χ3n) is 4.35. The summed E-state index contributed by atoms with van der Waals surface area (Å²) in [6.45, 7) is 0.528. The average Bonchev–Trinajstić information content (AvgIpc) is 3.15. The van der Waals surface area contributed by atoms with Gasteiger partial charge in [-0.2, -0.15) is 0 Å². The highest BCUT2D eigenvalue weighted by molar-refractivity contribution is 5.84. The molecule has 1 atom stereocenters. The summed E-state index contributed by atoms with van der Waals surface area (Å²) in [5.41, 5.74) is 8.13. The van der Waals surface area contributed by atoms with Crippen LogP contribution in [0.1, 0.15) is 31.2 Å². The first-order valence-corrected chi connectivity index (χ1v) is 7.71. The van der Waals surface area contributed by atoms with Crippen LogP contribution in [0, 0.1) is 5.92 Å². The Kier molecular flexibility index (Phi) is 4.25. The highest BCUT2D eigenvalue weighted by atomic mass is 16.5. The van der Waals surface area contributed by atoms with E-state index >= 15 is 0 Å². The summed E-state index contributed by atoms with van der Waals surface area (Å²) in [5.74, 6) is 0.251. The van der Waals surface area contributed by atoms with E-state index in [1.54, 1.807) is 0 Å². The van der Waals surface area contributed by atoms with Gasteiger partial charge in [-0.3, -0.25) is 4.79 Å². The number of fused-ring (bicyclic) bond motifs is 1. The monoisotopic (exact) mass is 286 g/mol. The van der Waals surface area contributed by atoms with Crippen molar-refractivity contribution >= 4 is 16.9 Å². The third kappa shape index (κ3) is 3.27. The summed E-state index contributed by atoms with van der Waals surface area (Å²) in [5, 5.41) is 1.12. The van der Waals surface area contributed by atoms with Crippen LogP contribution in [0.2, 0.25) is 0 Å². The first-order chi connectivity index (χ1) is 10.2. The lowest BCUT2D eigenvalue weighted by atomic mass is 10.1. The molecule has 4 heteroatoms. The number of rotatable bonds is 5. The molecule has 1 heterocycles. The first-order valence-electron chi connectivity index (χ1n) is 7.71. The summed E-state index contributed by atoms with van der Waals surface area (Å²) in [4.78, 5) is 15.2. The number of nitrogens with one attached hydrogen (secondary N) is 1. The number of nitrogens with two attached hydrogens (primary N) is 1. The summed E-state index contributed by atoms with van der Waals surface area (Å²) < 4.78 is 5.37. The molecule has 1 aliphatic carbocycles. The molecule has 0 saturated heterocycles. The van der Waals surface area contributed by atoms with Gasteiger partial charge in [0.25, 0.3) is 0 Å². The lowest BCUT2D eigenvalue weighted by Crippen LogP contribution is -2.35. The van der Waals surface area contributed by atoms with Crippen LogP contribution >= 0.6 is 0 Å². The molecule has 1 aromatic carbocycles. The van der Waals surface area contributed by atoms with Crippen molar-refractivity contribution in [3.05, 3.63) is 36.0 Å². The van der Waals surface area contributed by atoms with Gasteiger partial charge in [-0.25, -0.2) is 0 Å². The lowest BCUT2D eigenvalue weighted by molar-refractivity contribution is -0.146. The van der Waals surface area contributed by atoms with Gasteiger partial charge in [0.05, 0.1) is 6.61 Å². The Balaban J connectivity index is 1.57. The van der Waals surface area contributed by atoms with E-state index < -0.39 is 6.04 Å². The molecule has 0 spiro atoms. The number of carbonyl (C=O) groups excluding carboxylic acids is 1. The molecular formula is C17H22N2O2. The predicted molar refractivity (Wildman–Crippen MR) is 82.9 cm³/mol. The minimum absolute atomic E-state index is 0.285. The summed E-state index contributed by atoms with van der Waals surface area (Å²) in [6, 6.07) is 7.44. The van der Waals surface area contributed by atoms with Crippen molar-refractivity contribution in [3.63, 3.8) is 0 Å². The molecule has 1 fully saturated rings. The molecule has 3 N–H and O–H groups in total. The molecule has 0 radical (unpaired) electrons. The highest BCUT2D eigenvalue weighted by Gasteiger charge is 2.21. The van der Waals surface area contributed by atoms with Gasteiger partial charge >= 0.3 is 5.97 Å². The molecule has 0 bridgehead atoms. The number of benzene rings is 1. The smallest absolute Gasteiger partial charge is 0.323 e. The van der Waals surface area contributed by atoms with Gasteiger partial charge in [-0.15, -0.1) is 0 Å². The Morgan fingerprint density at radius 1 is 1.33 bits per heavy atom. The molecule has 0 amide bonds. The molecule has 0 aliphatic heterocycles. The first kappa shape index (κ1) is 14.1. The zero-order chi connectivity index (χ0) is 14.7. The molecule has 2 aromatic rings. The van der Waals surface area contributed by atoms with Crippen LogP contribution in [0.4, 0.5) is 0 Å². The zero-order valence-corrected chi connectivity index (χ0v) is 12.2. The number of hydrogen-bond donors (Lipinski definition) is 2. The van der Waals surface area contributed by atoms with Crippen LogP contribution < -0.4 is 5.73 Å². The third-order valence-corrected chi connectivity index (χ3v) is 4.35. The van der Waals surface area contributed by atoms with E-state index in [1.165, 1.54) is 25.7 Å². The van der Waals surface area contributed by atoms with Crippen molar-refractivity contribution in [2.24, 2.45) is 11.7 Å². The van der Waals surface area contributed by atoms with Crippen LogP contribution in [0.5, 0.6) is 0 Å². The fraction of sp³-hybridized carbons (Fsp3) is 0.471. The standard InChI is InChI=1S/C17H22N2O2/c18-15(17(20)21-11-12-5-1-2-6-12)9-13-10-19-16-8-4-3-7-14(13)16/h3-4,7-8,10,12,15,19H,1-2,5-6,9,11,18H2/t15-/m0/s1. The minimum Gasteiger partial charge on any atom is -0.464 e. The van der Waals surface area contributed by atoms with Crippen LogP contribution in [-0.4, -0.2) is 23.6 Å². The Bertz CT molecular complexity index is 614. The summed E-state index contributed by atoms with van der Waals surface area (Å²) in [6.07, 6.45) is 7.28. The van der Waals surface area contributed by atoms with Gasteiger partial charge in [0, 0.05) is 23.5 Å². The number of esters is 1. The van der Waals surface area contributed by atoms with Gasteiger partial charge in [0.1, 0.15) is 6.04 Å². The second-order valence-electron chi connectivity index (χ2n) is 5.95. The van der Waals surface area contributed by atoms with E-state index in [0.29, 0.717) is 18.9 Å². The van der Waals surface area contributed by atoms with Crippen molar-refractivity contribution in [1.82, 2.24) is 4.98 Å². The maximum absolute atomic E-state index is 12.0. The number of H-pyrrole nitrogens is 1. The van der Waals surface area contributed by atoms with Crippen LogP contribution in [-0.2, 0) is 16.0 Å². The maximum Gasteiger partial charge on any atom is 0.323 e. The SMILES string of the molecule is N[C@@H](Cc1c[nH]c2ccccc12)C(=O)OCC1CCCC1. The molecule has 1 aromatic heterocycles. The van der Waals surface area contributed by atoms with E-state index in [1.807, 2.05) is 30.5 Å². The second-order valence-corrected chi connectivity index (χ2v) is 5.95. The largest absolute Gasteiger partial charge is 0.464 e. The molecule has 4 nitrogen and oxygen atoms in total. The summed E-state index contributed by atoms with van der Waals surface area (Å²) in [7, 11) is 0. The topological polar surface area (TPSA) is 68.1 Å². The van der Waals surface area contributed by atoms with E-state index in [4.69, 9.17) is 10.5 Å². The highest BCUT2D eigenvalue weighted by Crippen LogP contribution is 2.25. The Morgan fingerprint density at radius 3 is 2.90 bits per heavy atom. The fourth-order valence-corrected chi connectivity index (χ4v) is 3.10. The van der Waals surface area contributed by atoms with E-state index in [0.717, 1.165) is 16.5 Å². The molecule has 0 unspecified atom stereocenters. The quantitative estimate of drug-likeness (QED) is 0.830. The molecule has 21 heavy (non-hydrogen) atoms. The van der Waals surface area contributed by atoms with Crippen molar-refractivity contribution in [2.75, 3.05) is 6.61 Å². The maximum atomic E-state index is 12.0. The number of ether oxygens (including phenoxy) is 1. The minimum atomic E-state index is -0.592. The van der Waals surface area contributed by atoms with Gasteiger partial charge in [0.15, 0.2) is 0 Å². The fourth-order valence-electron chi connectivity index (χ4n) is 3.10. The molecule has 3 rings (SSSR count). The van der Waals surface area contributed by atoms with Crippen molar-refractivity contribution < 1.29 is 9.53 Å². The number of para-hydroxylation sites is 1. The Labute approximate surface area is 124 Å². The van der Waals surface area contributed by atoms with Gasteiger partial charge in [-0.05, 0) is 30.4 Å². The summed E-state index contributed by atoms with van der Waals surface area (Å²) >= 11 is 0. The van der Waals surface area contributed by atoms with Crippen LogP contribution in [0.25, 0.3) is 10.9 Å². The second kappa shape index (κ2) is 6.31. The Morgan fingerprint density at radius 2 is 2.10 bits per heavy atom. The van der Waals surface area contributed by atoms with E-state index in [9.17, 15) is 4.79 Å². The van der Waals surface area contributed by atoms with Crippen molar-refractivity contribution in [2.45, 2.75) is 38.1 Å². The van der Waals surface area contributed by atoms with Crippen LogP contribution in [0.3, 0.4) is 0 Å². The molecule has 1 saturated carbocycles. The van der Waals surface area contributed by atoms with Gasteiger partial charge < -0.3 is 15.5 Å². The van der Waals surface area contributed by atoms with Crippen molar-refractivity contribution in [3.8, 4) is 0 Å².